The van der Waals surface area contributed by atoms with Gasteiger partial charge in [-0.1, -0.05) is 31.4 Å². The fraction of sp³-hybridized carbons (Fsp3) is 0.842. The summed E-state index contributed by atoms with van der Waals surface area (Å²) in [6.07, 6.45) is 16.6. The number of hydrogen-bond donors (Lipinski definition) is 1. The molecule has 2 atom stereocenters. The van der Waals surface area contributed by atoms with Gasteiger partial charge in [-0.3, -0.25) is 0 Å². The Labute approximate surface area is 140 Å². The van der Waals surface area contributed by atoms with Gasteiger partial charge in [0.05, 0.1) is 6.10 Å². The van der Waals surface area contributed by atoms with E-state index in [4.69, 9.17) is 4.74 Å². The molecule has 4 nitrogen and oxygen atoms in total. The highest BCUT2D eigenvalue weighted by atomic mass is 16.5. The molecule has 130 valence electrons. The van der Waals surface area contributed by atoms with Crippen LogP contribution in [0.2, 0.25) is 0 Å². The zero-order valence-corrected chi connectivity index (χ0v) is 14.3. The zero-order chi connectivity index (χ0) is 15.9. The molecule has 0 radical (unpaired) electrons. The first-order chi connectivity index (χ1) is 11.3. The summed E-state index contributed by atoms with van der Waals surface area (Å²) in [7, 11) is 0. The maximum Gasteiger partial charge on any atom is 0.317 e. The van der Waals surface area contributed by atoms with Crippen LogP contribution in [-0.2, 0) is 4.74 Å². The van der Waals surface area contributed by atoms with Crippen LogP contribution in [0, 0.1) is 5.92 Å². The van der Waals surface area contributed by atoms with Crippen molar-refractivity contribution in [3.63, 3.8) is 0 Å². The van der Waals surface area contributed by atoms with Crippen LogP contribution in [-0.4, -0.2) is 42.8 Å². The largest absolute Gasteiger partial charge is 0.376 e. The average Bonchev–Trinajstić information content (AvgIpc) is 3.09. The van der Waals surface area contributed by atoms with Gasteiger partial charge in [0.2, 0.25) is 0 Å². The van der Waals surface area contributed by atoms with Crippen molar-refractivity contribution < 1.29 is 9.53 Å². The van der Waals surface area contributed by atoms with Crippen LogP contribution in [0.3, 0.4) is 0 Å². The molecule has 1 saturated heterocycles. The maximum atomic E-state index is 12.8. The standard InChI is InChI=1S/C19H32N2O2/c22-19(20-17-10-5-2-6-11-17)21(15-18-12-7-13-23-18)14-16-8-3-1-4-9-16/h1,3,16-18H,2,4-15H2,(H,20,22)/t16-,18-/m1/s1. The number of carbonyl (C=O) groups excluding carboxylic acids is 1. The second-order valence-electron chi connectivity index (χ2n) is 7.47. The number of nitrogens with one attached hydrogen (secondary N) is 1. The Morgan fingerprint density at radius 3 is 2.61 bits per heavy atom. The summed E-state index contributed by atoms with van der Waals surface area (Å²) in [4.78, 5) is 14.9. The zero-order valence-electron chi connectivity index (χ0n) is 14.3. The highest BCUT2D eigenvalue weighted by Crippen LogP contribution is 2.22. The van der Waals surface area contributed by atoms with Crippen molar-refractivity contribution >= 4 is 6.03 Å². The summed E-state index contributed by atoms with van der Waals surface area (Å²) in [5.74, 6) is 0.610. The Hall–Kier alpha value is -1.03. The van der Waals surface area contributed by atoms with Gasteiger partial charge < -0.3 is 15.0 Å². The average molecular weight is 320 g/mol. The predicted octanol–water partition coefficient (Wildman–Crippen LogP) is 3.87. The van der Waals surface area contributed by atoms with Gasteiger partial charge in [-0.25, -0.2) is 4.79 Å². The Bertz CT molecular complexity index is 398. The number of nitrogens with zero attached hydrogens (tertiary/aromatic N) is 1. The van der Waals surface area contributed by atoms with E-state index in [0.717, 1.165) is 58.2 Å². The summed E-state index contributed by atoms with van der Waals surface area (Å²) in [6.45, 7) is 2.50. The molecule has 0 bridgehead atoms. The quantitative estimate of drug-likeness (QED) is 0.781. The molecule has 2 amide bonds. The molecule has 1 N–H and O–H groups in total. The van der Waals surface area contributed by atoms with E-state index in [1.807, 2.05) is 0 Å². The molecule has 0 aromatic heterocycles. The van der Waals surface area contributed by atoms with Crippen molar-refractivity contribution in [2.24, 2.45) is 5.92 Å². The molecule has 23 heavy (non-hydrogen) atoms. The molecule has 0 spiro atoms. The second kappa shape index (κ2) is 8.72. The molecule has 3 aliphatic rings. The van der Waals surface area contributed by atoms with Crippen LogP contribution < -0.4 is 5.32 Å². The lowest BCUT2D eigenvalue weighted by Gasteiger charge is -2.32. The summed E-state index contributed by atoms with van der Waals surface area (Å²) in [6, 6.07) is 0.524. The molecule has 2 fully saturated rings. The molecule has 0 aromatic carbocycles. The minimum Gasteiger partial charge on any atom is -0.376 e. The van der Waals surface area contributed by atoms with Crippen LogP contribution in [0.1, 0.15) is 64.2 Å². The van der Waals surface area contributed by atoms with E-state index in [2.05, 4.69) is 22.4 Å². The molecule has 0 unspecified atom stereocenters. The third-order valence-electron chi connectivity index (χ3n) is 5.52. The maximum absolute atomic E-state index is 12.8. The van der Waals surface area contributed by atoms with Crippen LogP contribution >= 0.6 is 0 Å². The van der Waals surface area contributed by atoms with Gasteiger partial charge in [-0.2, -0.15) is 0 Å². The van der Waals surface area contributed by atoms with Gasteiger partial charge in [0.25, 0.3) is 0 Å². The van der Waals surface area contributed by atoms with Crippen molar-refractivity contribution in [2.75, 3.05) is 19.7 Å². The minimum absolute atomic E-state index is 0.141. The van der Waals surface area contributed by atoms with Gasteiger partial charge in [-0.05, 0) is 50.9 Å². The van der Waals surface area contributed by atoms with E-state index in [1.54, 1.807) is 0 Å². The highest BCUT2D eigenvalue weighted by molar-refractivity contribution is 5.74. The third kappa shape index (κ3) is 5.23. The van der Waals surface area contributed by atoms with Gasteiger partial charge in [0, 0.05) is 25.7 Å². The SMILES string of the molecule is O=C(NC1CCCCC1)N(C[C@@H]1CC=CCC1)C[C@H]1CCCO1. The van der Waals surface area contributed by atoms with E-state index in [0.29, 0.717) is 12.0 Å². The van der Waals surface area contributed by atoms with Crippen molar-refractivity contribution in [1.29, 1.82) is 0 Å². The number of urea groups is 1. The summed E-state index contributed by atoms with van der Waals surface area (Å²) in [5.41, 5.74) is 0. The molecule has 1 heterocycles. The van der Waals surface area contributed by atoms with Gasteiger partial charge in [0.15, 0.2) is 0 Å². The second-order valence-corrected chi connectivity index (χ2v) is 7.47. The molecule has 1 saturated carbocycles. The van der Waals surface area contributed by atoms with E-state index in [9.17, 15) is 4.79 Å². The topological polar surface area (TPSA) is 41.6 Å². The van der Waals surface area contributed by atoms with Crippen LogP contribution in [0.5, 0.6) is 0 Å². The van der Waals surface area contributed by atoms with Crippen molar-refractivity contribution in [2.45, 2.75) is 76.4 Å². The van der Waals surface area contributed by atoms with E-state index >= 15 is 0 Å². The molecule has 4 heteroatoms. The van der Waals surface area contributed by atoms with Crippen LogP contribution in [0.4, 0.5) is 4.79 Å². The lowest BCUT2D eigenvalue weighted by atomic mass is 9.93. The Morgan fingerprint density at radius 1 is 1.04 bits per heavy atom. The number of rotatable bonds is 5. The fourth-order valence-corrected chi connectivity index (χ4v) is 4.12. The number of hydrogen-bond acceptors (Lipinski definition) is 2. The van der Waals surface area contributed by atoms with Crippen LogP contribution in [0.15, 0.2) is 12.2 Å². The van der Waals surface area contributed by atoms with E-state index < -0.39 is 0 Å². The number of carbonyl (C=O) groups is 1. The van der Waals surface area contributed by atoms with Gasteiger partial charge in [-0.15, -0.1) is 0 Å². The minimum atomic E-state index is 0.141. The summed E-state index contributed by atoms with van der Waals surface area (Å²) >= 11 is 0. The van der Waals surface area contributed by atoms with E-state index in [1.165, 1.54) is 25.7 Å². The summed E-state index contributed by atoms with van der Waals surface area (Å²) in [5, 5.41) is 3.30. The first-order valence-corrected chi connectivity index (χ1v) is 9.63. The Morgan fingerprint density at radius 2 is 1.91 bits per heavy atom. The monoisotopic (exact) mass is 320 g/mol. The third-order valence-corrected chi connectivity index (χ3v) is 5.52. The van der Waals surface area contributed by atoms with Crippen molar-refractivity contribution in [3.05, 3.63) is 12.2 Å². The molecular formula is C19H32N2O2. The van der Waals surface area contributed by atoms with E-state index in [-0.39, 0.29) is 12.1 Å². The van der Waals surface area contributed by atoms with Crippen molar-refractivity contribution in [1.82, 2.24) is 10.2 Å². The first kappa shape index (κ1) is 16.8. The fourth-order valence-electron chi connectivity index (χ4n) is 4.12. The molecule has 3 rings (SSSR count). The number of amides is 2. The molecular weight excluding hydrogens is 288 g/mol. The number of ether oxygens (including phenoxy) is 1. The Kier molecular flexibility index (Phi) is 6.37. The number of allylic oxidation sites excluding steroid dienone is 2. The molecule has 2 aliphatic carbocycles. The van der Waals surface area contributed by atoms with Crippen LogP contribution in [0.25, 0.3) is 0 Å². The lowest BCUT2D eigenvalue weighted by molar-refractivity contribution is 0.0755. The van der Waals surface area contributed by atoms with Gasteiger partial charge >= 0.3 is 6.03 Å². The van der Waals surface area contributed by atoms with Crippen molar-refractivity contribution in [3.8, 4) is 0 Å². The van der Waals surface area contributed by atoms with Gasteiger partial charge in [0.1, 0.15) is 0 Å². The molecule has 0 aromatic rings. The Balaban J connectivity index is 1.55. The predicted molar refractivity (Wildman–Crippen MR) is 92.4 cm³/mol. The lowest BCUT2D eigenvalue weighted by Crippen LogP contribution is -2.49. The highest BCUT2D eigenvalue weighted by Gasteiger charge is 2.26. The summed E-state index contributed by atoms with van der Waals surface area (Å²) < 4.78 is 5.78. The normalized spacial score (nSPS) is 28.7. The first-order valence-electron chi connectivity index (χ1n) is 9.63. The molecule has 1 aliphatic heterocycles. The smallest absolute Gasteiger partial charge is 0.317 e.